The van der Waals surface area contributed by atoms with Crippen molar-refractivity contribution in [3.8, 4) is 11.5 Å². The van der Waals surface area contributed by atoms with Crippen molar-refractivity contribution in [1.29, 1.82) is 0 Å². The smallest absolute Gasteiger partial charge is 0.341 e. The van der Waals surface area contributed by atoms with Gasteiger partial charge in [-0.2, -0.15) is 0 Å². The summed E-state index contributed by atoms with van der Waals surface area (Å²) in [6, 6.07) is 7.11. The number of nitrogens with one attached hydrogen (secondary N) is 1. The molecule has 1 aromatic carbocycles. The topological polar surface area (TPSA) is 77.1 Å². The van der Waals surface area contributed by atoms with Crippen LogP contribution in [-0.4, -0.2) is 51.2 Å². The number of likely N-dealkylation sites (N-methyl/N-ethyl adjacent to an activating group) is 1. The SMILES string of the molecule is COC(=O)c1c(NC(=O)COc2ccccc2OC)sc2c1CCN(C)C2. The van der Waals surface area contributed by atoms with Crippen molar-refractivity contribution in [3.05, 3.63) is 40.3 Å². The Hall–Kier alpha value is -2.58. The number of benzene rings is 1. The minimum atomic E-state index is -0.432. The highest BCUT2D eigenvalue weighted by Crippen LogP contribution is 2.37. The van der Waals surface area contributed by atoms with Crippen molar-refractivity contribution in [2.45, 2.75) is 13.0 Å². The third-order valence-corrected chi connectivity index (χ3v) is 5.45. The lowest BCUT2D eigenvalue weighted by Gasteiger charge is -2.22. The van der Waals surface area contributed by atoms with Gasteiger partial charge >= 0.3 is 5.97 Å². The number of carbonyl (C=O) groups excluding carboxylic acids is 2. The third kappa shape index (κ3) is 4.23. The summed E-state index contributed by atoms with van der Waals surface area (Å²) >= 11 is 1.41. The van der Waals surface area contributed by atoms with Crippen LogP contribution < -0.4 is 14.8 Å². The number of anilines is 1. The van der Waals surface area contributed by atoms with Gasteiger partial charge in [-0.15, -0.1) is 11.3 Å². The van der Waals surface area contributed by atoms with Crippen LogP contribution >= 0.6 is 11.3 Å². The quantitative estimate of drug-likeness (QED) is 0.764. The van der Waals surface area contributed by atoms with Crippen LogP contribution in [0.1, 0.15) is 20.8 Å². The van der Waals surface area contributed by atoms with E-state index in [2.05, 4.69) is 10.2 Å². The van der Waals surface area contributed by atoms with E-state index in [1.165, 1.54) is 25.6 Å². The summed E-state index contributed by atoms with van der Waals surface area (Å²) in [5.74, 6) is 0.252. The van der Waals surface area contributed by atoms with Gasteiger partial charge in [-0.25, -0.2) is 4.79 Å². The van der Waals surface area contributed by atoms with E-state index in [4.69, 9.17) is 14.2 Å². The van der Waals surface area contributed by atoms with Gasteiger partial charge in [0.1, 0.15) is 5.00 Å². The Bertz CT molecular complexity index is 849. The average molecular weight is 390 g/mol. The Balaban J connectivity index is 1.74. The first-order chi connectivity index (χ1) is 13.0. The van der Waals surface area contributed by atoms with Crippen molar-refractivity contribution < 1.29 is 23.8 Å². The first-order valence-corrected chi connectivity index (χ1v) is 9.32. The van der Waals surface area contributed by atoms with E-state index < -0.39 is 5.97 Å². The highest BCUT2D eigenvalue weighted by Gasteiger charge is 2.28. The second-order valence-electron chi connectivity index (χ2n) is 6.17. The third-order valence-electron chi connectivity index (χ3n) is 4.32. The van der Waals surface area contributed by atoms with Crippen molar-refractivity contribution >= 4 is 28.2 Å². The molecule has 0 bridgehead atoms. The van der Waals surface area contributed by atoms with E-state index in [1.54, 1.807) is 18.2 Å². The highest BCUT2D eigenvalue weighted by molar-refractivity contribution is 7.17. The lowest BCUT2D eigenvalue weighted by molar-refractivity contribution is -0.118. The van der Waals surface area contributed by atoms with E-state index in [0.717, 1.165) is 30.0 Å². The Morgan fingerprint density at radius 3 is 2.67 bits per heavy atom. The molecule has 0 aliphatic carbocycles. The maximum absolute atomic E-state index is 12.4. The molecule has 0 fully saturated rings. The van der Waals surface area contributed by atoms with Gasteiger partial charge in [-0.1, -0.05) is 12.1 Å². The summed E-state index contributed by atoms with van der Waals surface area (Å²) in [6.45, 7) is 1.42. The van der Waals surface area contributed by atoms with Crippen molar-refractivity contribution in [3.63, 3.8) is 0 Å². The zero-order valence-electron chi connectivity index (χ0n) is 15.5. The molecule has 1 aliphatic heterocycles. The van der Waals surface area contributed by atoms with Crippen LogP contribution in [0, 0.1) is 0 Å². The van der Waals surface area contributed by atoms with Gasteiger partial charge in [0.25, 0.3) is 5.91 Å². The van der Waals surface area contributed by atoms with Crippen molar-refractivity contribution in [2.75, 3.05) is 39.7 Å². The number of rotatable bonds is 6. The highest BCUT2D eigenvalue weighted by atomic mass is 32.1. The molecule has 0 spiro atoms. The number of hydrogen-bond donors (Lipinski definition) is 1. The molecule has 1 N–H and O–H groups in total. The van der Waals surface area contributed by atoms with Crippen LogP contribution in [0.3, 0.4) is 0 Å². The normalized spacial score (nSPS) is 13.6. The Morgan fingerprint density at radius 2 is 1.96 bits per heavy atom. The molecule has 1 amide bonds. The number of thiophene rings is 1. The summed E-state index contributed by atoms with van der Waals surface area (Å²) in [5, 5.41) is 3.31. The fourth-order valence-electron chi connectivity index (χ4n) is 2.98. The molecule has 8 heteroatoms. The van der Waals surface area contributed by atoms with Crippen molar-refractivity contribution in [1.82, 2.24) is 4.90 Å². The Labute approximate surface area is 161 Å². The molecule has 1 aliphatic rings. The molecule has 144 valence electrons. The predicted molar refractivity (Wildman–Crippen MR) is 103 cm³/mol. The second-order valence-corrected chi connectivity index (χ2v) is 7.28. The largest absolute Gasteiger partial charge is 0.493 e. The van der Waals surface area contributed by atoms with Gasteiger partial charge in [0, 0.05) is 18.0 Å². The van der Waals surface area contributed by atoms with Crippen molar-refractivity contribution in [2.24, 2.45) is 0 Å². The molecule has 0 atom stereocenters. The molecular formula is C19H22N2O5S. The average Bonchev–Trinajstić information content (AvgIpc) is 3.02. The Kier molecular flexibility index (Phi) is 5.98. The Morgan fingerprint density at radius 1 is 1.22 bits per heavy atom. The summed E-state index contributed by atoms with van der Waals surface area (Å²) in [6.07, 6.45) is 0.750. The van der Waals surface area contributed by atoms with Crippen LogP contribution in [0.15, 0.2) is 24.3 Å². The van der Waals surface area contributed by atoms with Crippen LogP contribution in [0.2, 0.25) is 0 Å². The standard InChI is InChI=1S/C19H22N2O5S/c1-21-9-8-12-15(10-21)27-18(17(12)19(23)25-3)20-16(22)11-26-14-7-5-4-6-13(14)24-2/h4-7H,8-11H2,1-3H3,(H,20,22). The maximum Gasteiger partial charge on any atom is 0.341 e. The lowest BCUT2D eigenvalue weighted by Crippen LogP contribution is -2.26. The summed E-state index contributed by atoms with van der Waals surface area (Å²) in [4.78, 5) is 27.9. The number of carbonyl (C=O) groups is 2. The molecule has 7 nitrogen and oxygen atoms in total. The minimum absolute atomic E-state index is 0.191. The number of nitrogens with zero attached hydrogens (tertiary/aromatic N) is 1. The summed E-state index contributed by atoms with van der Waals surface area (Å²) in [7, 11) is 4.91. The summed E-state index contributed by atoms with van der Waals surface area (Å²) < 4.78 is 15.7. The molecule has 3 rings (SSSR count). The number of amides is 1. The van der Waals surface area contributed by atoms with Crippen LogP contribution in [0.25, 0.3) is 0 Å². The molecule has 27 heavy (non-hydrogen) atoms. The van der Waals surface area contributed by atoms with Gasteiger partial charge in [0.05, 0.1) is 19.8 Å². The van der Waals surface area contributed by atoms with Gasteiger partial charge in [-0.05, 0) is 31.2 Å². The number of para-hydroxylation sites is 2. The van der Waals surface area contributed by atoms with Crippen LogP contribution in [0.4, 0.5) is 5.00 Å². The van der Waals surface area contributed by atoms with Gasteiger partial charge in [0.2, 0.25) is 0 Å². The zero-order chi connectivity index (χ0) is 19.4. The van der Waals surface area contributed by atoms with Gasteiger partial charge in [-0.3, -0.25) is 4.79 Å². The molecule has 2 aromatic rings. The fourth-order valence-corrected chi connectivity index (χ4v) is 4.31. The number of ether oxygens (including phenoxy) is 3. The van der Waals surface area contributed by atoms with Crippen LogP contribution in [-0.2, 0) is 22.5 Å². The predicted octanol–water partition coefficient (Wildman–Crippen LogP) is 2.55. The molecule has 0 radical (unpaired) electrons. The van der Waals surface area contributed by atoms with E-state index in [-0.39, 0.29) is 12.5 Å². The van der Waals surface area contributed by atoms with Gasteiger partial charge in [0.15, 0.2) is 18.1 Å². The fraction of sp³-hybridized carbons (Fsp3) is 0.368. The lowest BCUT2D eigenvalue weighted by atomic mass is 10.0. The molecule has 1 aromatic heterocycles. The minimum Gasteiger partial charge on any atom is -0.493 e. The van der Waals surface area contributed by atoms with Crippen LogP contribution in [0.5, 0.6) is 11.5 Å². The van der Waals surface area contributed by atoms with E-state index in [1.807, 2.05) is 13.1 Å². The zero-order valence-corrected chi connectivity index (χ0v) is 16.4. The molecule has 0 saturated carbocycles. The maximum atomic E-state index is 12.4. The molecule has 2 heterocycles. The second kappa shape index (κ2) is 8.41. The number of esters is 1. The summed E-state index contributed by atoms with van der Waals surface area (Å²) in [5.41, 5.74) is 1.42. The van der Waals surface area contributed by atoms with E-state index in [9.17, 15) is 9.59 Å². The number of hydrogen-bond acceptors (Lipinski definition) is 7. The van der Waals surface area contributed by atoms with E-state index >= 15 is 0 Å². The first kappa shape index (κ1) is 19.2. The number of methoxy groups -OCH3 is 2. The molecular weight excluding hydrogens is 368 g/mol. The first-order valence-electron chi connectivity index (χ1n) is 8.50. The monoisotopic (exact) mass is 390 g/mol. The van der Waals surface area contributed by atoms with E-state index in [0.29, 0.717) is 22.1 Å². The van der Waals surface area contributed by atoms with Gasteiger partial charge < -0.3 is 24.4 Å². The molecule has 0 saturated heterocycles. The molecule has 0 unspecified atom stereocenters. The number of fused-ring (bicyclic) bond motifs is 1.